The van der Waals surface area contributed by atoms with Crippen LogP contribution < -0.4 is 4.74 Å². The number of thioether (sulfide) groups is 1. The molecule has 4 heteroatoms. The summed E-state index contributed by atoms with van der Waals surface area (Å²) in [6.07, 6.45) is -0.498. The molecule has 16 heavy (non-hydrogen) atoms. The summed E-state index contributed by atoms with van der Waals surface area (Å²) in [7, 11) is 0. The standard InChI is InChI=1S/C12H17BrO2S/c1-3-16-7-6-15-12-8-10(13)4-5-11(12)9(2)14/h4-5,8-9,14H,3,6-7H2,1-2H3/t9-/m0/s1. The summed E-state index contributed by atoms with van der Waals surface area (Å²) in [5.41, 5.74) is 0.838. The lowest BCUT2D eigenvalue weighted by Crippen LogP contribution is -2.04. The first-order valence-electron chi connectivity index (χ1n) is 5.33. The molecule has 0 saturated heterocycles. The highest BCUT2D eigenvalue weighted by atomic mass is 79.9. The van der Waals surface area contributed by atoms with E-state index in [1.165, 1.54) is 0 Å². The van der Waals surface area contributed by atoms with Crippen LogP contribution in [0.5, 0.6) is 5.75 Å². The second kappa shape index (κ2) is 7.20. The monoisotopic (exact) mass is 304 g/mol. The maximum Gasteiger partial charge on any atom is 0.126 e. The molecule has 0 unspecified atom stereocenters. The Morgan fingerprint density at radius 3 is 2.88 bits per heavy atom. The highest BCUT2D eigenvalue weighted by Gasteiger charge is 2.09. The van der Waals surface area contributed by atoms with Gasteiger partial charge < -0.3 is 9.84 Å². The van der Waals surface area contributed by atoms with Gasteiger partial charge in [-0.2, -0.15) is 11.8 Å². The van der Waals surface area contributed by atoms with Gasteiger partial charge in [-0.1, -0.05) is 28.9 Å². The van der Waals surface area contributed by atoms with Crippen molar-refractivity contribution < 1.29 is 9.84 Å². The van der Waals surface area contributed by atoms with Crippen molar-refractivity contribution in [3.63, 3.8) is 0 Å². The molecule has 0 spiro atoms. The fraction of sp³-hybridized carbons (Fsp3) is 0.500. The molecule has 0 aliphatic carbocycles. The number of aliphatic hydroxyl groups is 1. The van der Waals surface area contributed by atoms with E-state index in [4.69, 9.17) is 4.74 Å². The molecule has 90 valence electrons. The van der Waals surface area contributed by atoms with E-state index in [2.05, 4.69) is 22.9 Å². The van der Waals surface area contributed by atoms with Gasteiger partial charge in [0.05, 0.1) is 12.7 Å². The molecule has 1 aromatic rings. The summed E-state index contributed by atoms with van der Waals surface area (Å²) in [5, 5.41) is 9.60. The third-order valence-corrected chi connectivity index (χ3v) is 3.47. The summed E-state index contributed by atoms with van der Waals surface area (Å²) in [5.74, 6) is 2.84. The Hall–Kier alpha value is -0.190. The predicted molar refractivity (Wildman–Crippen MR) is 73.3 cm³/mol. The summed E-state index contributed by atoms with van der Waals surface area (Å²) >= 11 is 5.25. The number of rotatable bonds is 6. The van der Waals surface area contributed by atoms with E-state index in [0.29, 0.717) is 6.61 Å². The van der Waals surface area contributed by atoms with Crippen molar-refractivity contribution in [1.82, 2.24) is 0 Å². The smallest absolute Gasteiger partial charge is 0.126 e. The second-order valence-corrected chi connectivity index (χ2v) is 5.71. The lowest BCUT2D eigenvalue weighted by atomic mass is 10.1. The van der Waals surface area contributed by atoms with Crippen LogP contribution in [-0.2, 0) is 0 Å². The number of halogens is 1. The van der Waals surface area contributed by atoms with Crippen molar-refractivity contribution in [1.29, 1.82) is 0 Å². The van der Waals surface area contributed by atoms with Gasteiger partial charge in [0.15, 0.2) is 0 Å². The molecule has 0 aliphatic heterocycles. The van der Waals surface area contributed by atoms with Crippen molar-refractivity contribution in [3.05, 3.63) is 28.2 Å². The van der Waals surface area contributed by atoms with Crippen LogP contribution in [0.15, 0.2) is 22.7 Å². The van der Waals surface area contributed by atoms with Gasteiger partial charge in [-0.3, -0.25) is 0 Å². The summed E-state index contributed by atoms with van der Waals surface area (Å²) in [6, 6.07) is 5.70. The molecule has 2 nitrogen and oxygen atoms in total. The van der Waals surface area contributed by atoms with Crippen molar-refractivity contribution in [2.75, 3.05) is 18.1 Å². The molecule has 1 N–H and O–H groups in total. The zero-order valence-corrected chi connectivity index (χ0v) is 12.0. The van der Waals surface area contributed by atoms with Gasteiger partial charge in [-0.15, -0.1) is 0 Å². The van der Waals surface area contributed by atoms with Crippen LogP contribution in [0.2, 0.25) is 0 Å². The zero-order chi connectivity index (χ0) is 12.0. The van der Waals surface area contributed by atoms with Gasteiger partial charge in [0.25, 0.3) is 0 Å². The molecule has 0 aromatic heterocycles. The van der Waals surface area contributed by atoms with Crippen molar-refractivity contribution in [2.45, 2.75) is 20.0 Å². The highest BCUT2D eigenvalue weighted by Crippen LogP contribution is 2.28. The third-order valence-electron chi connectivity index (χ3n) is 2.12. The minimum absolute atomic E-state index is 0.498. The molecule has 0 saturated carbocycles. The SMILES string of the molecule is CCSCCOc1cc(Br)ccc1[C@H](C)O. The van der Waals surface area contributed by atoms with Crippen LogP contribution in [0.3, 0.4) is 0 Å². The van der Waals surface area contributed by atoms with Crippen LogP contribution >= 0.6 is 27.7 Å². The minimum atomic E-state index is -0.498. The fourth-order valence-corrected chi connectivity index (χ4v) is 2.16. The number of ether oxygens (including phenoxy) is 1. The van der Waals surface area contributed by atoms with Gasteiger partial charge in [-0.25, -0.2) is 0 Å². The first kappa shape index (κ1) is 13.9. The van der Waals surface area contributed by atoms with Gasteiger partial charge in [-0.05, 0) is 24.8 Å². The minimum Gasteiger partial charge on any atom is -0.492 e. The molecule has 0 radical (unpaired) electrons. The van der Waals surface area contributed by atoms with Crippen LogP contribution in [0, 0.1) is 0 Å². The molecule has 0 bridgehead atoms. The summed E-state index contributed by atoms with van der Waals surface area (Å²) < 4.78 is 6.64. The summed E-state index contributed by atoms with van der Waals surface area (Å²) in [6.45, 7) is 4.55. The van der Waals surface area contributed by atoms with E-state index in [9.17, 15) is 5.11 Å². The van der Waals surface area contributed by atoms with E-state index < -0.39 is 6.10 Å². The number of aliphatic hydroxyl groups excluding tert-OH is 1. The Balaban J connectivity index is 2.65. The largest absolute Gasteiger partial charge is 0.492 e. The zero-order valence-electron chi connectivity index (χ0n) is 9.57. The quantitative estimate of drug-likeness (QED) is 0.814. The lowest BCUT2D eigenvalue weighted by Gasteiger charge is -2.13. The van der Waals surface area contributed by atoms with Gasteiger partial charge in [0.1, 0.15) is 5.75 Å². The molecule has 0 aliphatic rings. The molecule has 1 aromatic carbocycles. The maximum absolute atomic E-state index is 9.60. The van der Waals surface area contributed by atoms with E-state index in [-0.39, 0.29) is 0 Å². The molecule has 0 amide bonds. The average molecular weight is 305 g/mol. The Labute approximate surface area is 110 Å². The van der Waals surface area contributed by atoms with Crippen molar-refractivity contribution in [2.24, 2.45) is 0 Å². The first-order chi connectivity index (χ1) is 7.65. The molecule has 1 atom stereocenters. The Bertz CT molecular complexity index is 329. The van der Waals surface area contributed by atoms with Gasteiger partial charge in [0.2, 0.25) is 0 Å². The average Bonchev–Trinajstić information content (AvgIpc) is 2.24. The van der Waals surface area contributed by atoms with E-state index in [1.807, 2.05) is 30.0 Å². The maximum atomic E-state index is 9.60. The van der Waals surface area contributed by atoms with Gasteiger partial charge in [0, 0.05) is 15.8 Å². The molecular formula is C12H17BrO2S. The molecular weight excluding hydrogens is 288 g/mol. The first-order valence-corrected chi connectivity index (χ1v) is 7.28. The van der Waals surface area contributed by atoms with Crippen molar-refractivity contribution >= 4 is 27.7 Å². The molecule has 1 rings (SSSR count). The van der Waals surface area contributed by atoms with Crippen LogP contribution in [0.1, 0.15) is 25.5 Å². The Morgan fingerprint density at radius 1 is 1.50 bits per heavy atom. The Kier molecular flexibility index (Phi) is 6.24. The highest BCUT2D eigenvalue weighted by molar-refractivity contribution is 9.10. The molecule has 0 heterocycles. The number of hydrogen-bond donors (Lipinski definition) is 1. The van der Waals surface area contributed by atoms with Crippen LogP contribution in [-0.4, -0.2) is 23.2 Å². The van der Waals surface area contributed by atoms with E-state index >= 15 is 0 Å². The number of benzene rings is 1. The fourth-order valence-electron chi connectivity index (χ4n) is 1.33. The normalized spacial score (nSPS) is 12.5. The lowest BCUT2D eigenvalue weighted by molar-refractivity contribution is 0.192. The van der Waals surface area contributed by atoms with E-state index in [1.54, 1.807) is 6.92 Å². The van der Waals surface area contributed by atoms with Crippen LogP contribution in [0.25, 0.3) is 0 Å². The second-order valence-electron chi connectivity index (χ2n) is 3.40. The Morgan fingerprint density at radius 2 is 2.25 bits per heavy atom. The number of hydrogen-bond acceptors (Lipinski definition) is 3. The topological polar surface area (TPSA) is 29.5 Å². The predicted octanol–water partition coefficient (Wildman–Crippen LogP) is 3.63. The van der Waals surface area contributed by atoms with Crippen LogP contribution in [0.4, 0.5) is 0 Å². The molecule has 0 fully saturated rings. The third kappa shape index (κ3) is 4.36. The summed E-state index contributed by atoms with van der Waals surface area (Å²) in [4.78, 5) is 0. The van der Waals surface area contributed by atoms with Gasteiger partial charge >= 0.3 is 0 Å². The van der Waals surface area contributed by atoms with E-state index in [0.717, 1.165) is 27.3 Å². The van der Waals surface area contributed by atoms with Crippen molar-refractivity contribution in [3.8, 4) is 5.75 Å².